The van der Waals surface area contributed by atoms with E-state index in [1.165, 1.54) is 7.11 Å². The Kier molecular flexibility index (Phi) is 7.45. The van der Waals surface area contributed by atoms with E-state index >= 15 is 0 Å². The Morgan fingerprint density at radius 1 is 1.19 bits per heavy atom. The highest BCUT2D eigenvalue weighted by Gasteiger charge is 2.27. The second-order valence-electron chi connectivity index (χ2n) is 9.01. The molecule has 1 aliphatic heterocycles. The van der Waals surface area contributed by atoms with Crippen LogP contribution in [0, 0.1) is 0 Å². The zero-order valence-corrected chi connectivity index (χ0v) is 22.0. The monoisotopic (exact) mass is 562 g/mol. The highest BCUT2D eigenvalue weighted by molar-refractivity contribution is 9.10. The smallest absolute Gasteiger partial charge is 0.338 e. The number of ether oxygens (including phenoxy) is 1. The molecule has 0 spiro atoms. The van der Waals surface area contributed by atoms with Crippen molar-refractivity contribution in [1.29, 1.82) is 0 Å². The zero-order valence-electron chi connectivity index (χ0n) is 20.4. The number of halogens is 1. The van der Waals surface area contributed by atoms with E-state index in [-0.39, 0.29) is 18.2 Å². The number of methoxy groups -OCH3 is 1. The molecule has 5 rings (SSSR count). The van der Waals surface area contributed by atoms with Gasteiger partial charge in [-0.25, -0.2) is 9.78 Å². The average molecular weight is 563 g/mol. The summed E-state index contributed by atoms with van der Waals surface area (Å²) >= 11 is 3.57. The molecule has 190 valence electrons. The quantitative estimate of drug-likeness (QED) is 0.336. The molecule has 4 aromatic rings. The third kappa shape index (κ3) is 5.48. The maximum Gasteiger partial charge on any atom is 0.338 e. The number of anilines is 1. The van der Waals surface area contributed by atoms with Crippen LogP contribution < -0.4 is 5.32 Å². The Labute approximate surface area is 223 Å². The minimum absolute atomic E-state index is 0.0115. The summed E-state index contributed by atoms with van der Waals surface area (Å²) in [6.45, 7) is 1.84. The van der Waals surface area contributed by atoms with E-state index in [9.17, 15) is 9.59 Å². The Hall–Kier alpha value is -3.79. The first kappa shape index (κ1) is 24.9. The fourth-order valence-corrected chi connectivity index (χ4v) is 5.04. The van der Waals surface area contributed by atoms with Crippen molar-refractivity contribution in [2.24, 2.45) is 0 Å². The topological polar surface area (TPSA) is 102 Å². The molecule has 9 nitrogen and oxygen atoms in total. The van der Waals surface area contributed by atoms with Gasteiger partial charge < -0.3 is 15.0 Å². The van der Waals surface area contributed by atoms with Gasteiger partial charge in [-0.15, -0.1) is 0 Å². The number of fused-ring (bicyclic) bond motifs is 1. The van der Waals surface area contributed by atoms with Crippen molar-refractivity contribution in [1.82, 2.24) is 24.5 Å². The van der Waals surface area contributed by atoms with Crippen LogP contribution in [0.4, 0.5) is 5.82 Å². The minimum Gasteiger partial charge on any atom is -0.465 e. The predicted molar refractivity (Wildman–Crippen MR) is 142 cm³/mol. The lowest BCUT2D eigenvalue weighted by atomic mass is 9.93. The molecule has 1 saturated heterocycles. The first-order valence-corrected chi connectivity index (χ1v) is 12.9. The van der Waals surface area contributed by atoms with Crippen molar-refractivity contribution >= 4 is 39.3 Å². The summed E-state index contributed by atoms with van der Waals surface area (Å²) in [6.07, 6.45) is 7.27. The molecule has 0 bridgehead atoms. The van der Waals surface area contributed by atoms with Crippen molar-refractivity contribution in [3.63, 3.8) is 0 Å². The SMILES string of the molecule is COC(=O)c1ccccc1CC(=O)N1CCCC(c2cc(NCc3cccnc3)n3ncc(Br)c3n2)C1. The van der Waals surface area contributed by atoms with Gasteiger partial charge in [0.15, 0.2) is 5.65 Å². The lowest BCUT2D eigenvalue weighted by Crippen LogP contribution is -2.40. The van der Waals surface area contributed by atoms with Gasteiger partial charge in [-0.05, 0) is 52.0 Å². The van der Waals surface area contributed by atoms with Gasteiger partial charge in [0, 0.05) is 44.0 Å². The van der Waals surface area contributed by atoms with Gasteiger partial charge in [-0.1, -0.05) is 24.3 Å². The number of amides is 1. The van der Waals surface area contributed by atoms with Crippen LogP contribution in [0.15, 0.2) is 65.5 Å². The lowest BCUT2D eigenvalue weighted by molar-refractivity contribution is -0.131. The summed E-state index contributed by atoms with van der Waals surface area (Å²) in [5.41, 5.74) is 3.79. The van der Waals surface area contributed by atoms with E-state index < -0.39 is 5.97 Å². The Balaban J connectivity index is 1.36. The van der Waals surface area contributed by atoms with Crippen LogP contribution in [-0.2, 0) is 22.5 Å². The maximum absolute atomic E-state index is 13.3. The molecule has 1 unspecified atom stereocenters. The molecule has 37 heavy (non-hydrogen) atoms. The summed E-state index contributed by atoms with van der Waals surface area (Å²) in [4.78, 5) is 36.4. The third-order valence-electron chi connectivity index (χ3n) is 6.60. The number of nitrogens with one attached hydrogen (secondary N) is 1. The molecular formula is C27H27BrN6O3. The second-order valence-corrected chi connectivity index (χ2v) is 9.87. The van der Waals surface area contributed by atoms with Gasteiger partial charge >= 0.3 is 5.97 Å². The van der Waals surface area contributed by atoms with Crippen molar-refractivity contribution in [2.75, 3.05) is 25.5 Å². The normalized spacial score (nSPS) is 15.5. The molecule has 0 radical (unpaired) electrons. The summed E-state index contributed by atoms with van der Waals surface area (Å²) < 4.78 is 7.47. The predicted octanol–water partition coefficient (Wildman–Crippen LogP) is 4.23. The van der Waals surface area contributed by atoms with Crippen molar-refractivity contribution in [3.05, 3.63) is 87.9 Å². The van der Waals surface area contributed by atoms with Crippen LogP contribution in [0.2, 0.25) is 0 Å². The van der Waals surface area contributed by atoms with Crippen LogP contribution in [0.3, 0.4) is 0 Å². The number of carbonyl (C=O) groups is 2. The van der Waals surface area contributed by atoms with Crippen LogP contribution in [0.5, 0.6) is 0 Å². The number of esters is 1. The Morgan fingerprint density at radius 2 is 2.05 bits per heavy atom. The number of nitrogens with zero attached hydrogens (tertiary/aromatic N) is 5. The van der Waals surface area contributed by atoms with Crippen LogP contribution in [0.25, 0.3) is 5.65 Å². The van der Waals surface area contributed by atoms with E-state index in [4.69, 9.17) is 9.72 Å². The number of likely N-dealkylation sites (tertiary alicyclic amines) is 1. The fourth-order valence-electron chi connectivity index (χ4n) is 4.69. The number of benzene rings is 1. The molecule has 1 fully saturated rings. The molecule has 1 amide bonds. The molecule has 3 aromatic heterocycles. The summed E-state index contributed by atoms with van der Waals surface area (Å²) in [6, 6.07) is 13.0. The van der Waals surface area contributed by atoms with Gasteiger partial charge in [0.05, 0.1) is 35.5 Å². The number of pyridine rings is 1. The van der Waals surface area contributed by atoms with Crippen LogP contribution in [0.1, 0.15) is 45.9 Å². The first-order chi connectivity index (χ1) is 18.0. The molecule has 1 aromatic carbocycles. The molecule has 10 heteroatoms. The van der Waals surface area contributed by atoms with E-state index in [0.29, 0.717) is 30.8 Å². The molecule has 1 atom stereocenters. The third-order valence-corrected chi connectivity index (χ3v) is 7.16. The van der Waals surface area contributed by atoms with E-state index in [0.717, 1.165) is 40.0 Å². The molecule has 4 heterocycles. The number of rotatable bonds is 7. The summed E-state index contributed by atoms with van der Waals surface area (Å²) in [5, 5.41) is 7.92. The average Bonchev–Trinajstić information content (AvgIpc) is 3.32. The van der Waals surface area contributed by atoms with Crippen molar-refractivity contribution in [3.8, 4) is 0 Å². The Bertz CT molecular complexity index is 1420. The van der Waals surface area contributed by atoms with Crippen LogP contribution >= 0.6 is 15.9 Å². The van der Waals surface area contributed by atoms with Gasteiger partial charge in [-0.2, -0.15) is 9.61 Å². The maximum atomic E-state index is 13.3. The largest absolute Gasteiger partial charge is 0.465 e. The summed E-state index contributed by atoms with van der Waals surface area (Å²) in [7, 11) is 1.35. The molecule has 0 saturated carbocycles. The highest BCUT2D eigenvalue weighted by atomic mass is 79.9. The van der Waals surface area contributed by atoms with Crippen molar-refractivity contribution in [2.45, 2.75) is 31.7 Å². The fraction of sp³-hybridized carbons (Fsp3) is 0.296. The van der Waals surface area contributed by atoms with E-state index in [1.807, 2.05) is 35.4 Å². The lowest BCUT2D eigenvalue weighted by Gasteiger charge is -2.33. The number of hydrogen-bond donors (Lipinski definition) is 1. The van der Waals surface area contributed by atoms with Gasteiger partial charge in [-0.3, -0.25) is 9.78 Å². The summed E-state index contributed by atoms with van der Waals surface area (Å²) in [5.74, 6) is 0.460. The van der Waals surface area contributed by atoms with Gasteiger partial charge in [0.1, 0.15) is 5.82 Å². The first-order valence-electron chi connectivity index (χ1n) is 12.1. The number of carbonyl (C=O) groups excluding carboxylic acids is 2. The van der Waals surface area contributed by atoms with Crippen LogP contribution in [-0.4, -0.2) is 56.6 Å². The molecular weight excluding hydrogens is 536 g/mol. The molecule has 0 aliphatic carbocycles. The number of aromatic nitrogens is 4. The number of hydrogen-bond acceptors (Lipinski definition) is 7. The Morgan fingerprint density at radius 3 is 2.86 bits per heavy atom. The van der Waals surface area contributed by atoms with Gasteiger partial charge in [0.2, 0.25) is 5.91 Å². The molecule has 1 aliphatic rings. The number of piperidine rings is 1. The van der Waals surface area contributed by atoms with Gasteiger partial charge in [0.25, 0.3) is 0 Å². The van der Waals surface area contributed by atoms with E-state index in [1.54, 1.807) is 35.1 Å². The minimum atomic E-state index is -0.435. The second kappa shape index (κ2) is 11.1. The molecule has 1 N–H and O–H groups in total. The zero-order chi connectivity index (χ0) is 25.8. The highest BCUT2D eigenvalue weighted by Crippen LogP contribution is 2.30. The van der Waals surface area contributed by atoms with E-state index in [2.05, 4.69) is 31.3 Å². The van der Waals surface area contributed by atoms with Crippen molar-refractivity contribution < 1.29 is 14.3 Å². The standard InChI is InChI=1S/C27H27BrN6O3/c1-37-27(36)21-9-3-2-7-19(21)12-25(35)33-11-5-8-20(17-33)23-13-24(30-15-18-6-4-10-29-14-18)34-26(32-23)22(28)16-31-34/h2-4,6-7,9-10,13-14,16,20,30H,5,8,11-12,15,17H2,1H3.